The third-order valence-corrected chi connectivity index (χ3v) is 12.0. The van der Waals surface area contributed by atoms with E-state index in [9.17, 15) is 62.5 Å². The minimum Gasteiger partial charge on any atom is -0.494 e. The summed E-state index contributed by atoms with van der Waals surface area (Å²) in [6.45, 7) is -0.786. The Morgan fingerprint density at radius 2 is 1.49 bits per heavy atom. The van der Waals surface area contributed by atoms with Crippen molar-refractivity contribution in [3.8, 4) is 17.4 Å². The van der Waals surface area contributed by atoms with E-state index in [1.54, 1.807) is 4.72 Å². The van der Waals surface area contributed by atoms with Crippen molar-refractivity contribution in [2.24, 2.45) is 0 Å². The van der Waals surface area contributed by atoms with Gasteiger partial charge in [0.1, 0.15) is 17.2 Å². The van der Waals surface area contributed by atoms with Crippen LogP contribution >= 0.6 is 54.0 Å². The lowest BCUT2D eigenvalue weighted by Crippen LogP contribution is -2.35. The van der Waals surface area contributed by atoms with Gasteiger partial charge < -0.3 is 29.5 Å². The number of anilines is 2. The van der Waals surface area contributed by atoms with Crippen LogP contribution < -0.4 is 35.2 Å². The minimum absolute atomic E-state index is 0.0257. The highest BCUT2D eigenvalue weighted by Gasteiger charge is 2.29. The van der Waals surface area contributed by atoms with E-state index < -0.39 is 94.6 Å². The smallest absolute Gasteiger partial charge is 0.389 e. The maximum absolute atomic E-state index is 12.8. The van der Waals surface area contributed by atoms with Crippen molar-refractivity contribution in [1.29, 1.82) is 0 Å². The van der Waals surface area contributed by atoms with Crippen LogP contribution in [0.1, 0.15) is 40.5 Å². The lowest BCUT2D eigenvalue weighted by Gasteiger charge is -2.13. The van der Waals surface area contributed by atoms with Gasteiger partial charge in [-0.2, -0.15) is 41.6 Å². The van der Waals surface area contributed by atoms with Gasteiger partial charge in [0.2, 0.25) is 16.0 Å². The molecule has 37 heteroatoms. The number of carbonyl (C=O) groups excluding carboxylic acids is 1. The summed E-state index contributed by atoms with van der Waals surface area (Å²) in [4.78, 5) is 71.8. The molecule has 0 aliphatic heterocycles. The molecule has 2 aromatic heterocycles. The number of carboxylic acids is 2. The average molecular weight is 1200 g/mol. The Hall–Kier alpha value is -5.96. The number of benzene rings is 3. The van der Waals surface area contributed by atoms with E-state index in [1.807, 2.05) is 0 Å². The molecule has 2 heterocycles. The second-order valence-corrected chi connectivity index (χ2v) is 20.6. The third-order valence-electron chi connectivity index (χ3n) is 8.11. The molecule has 0 saturated carbocycles. The maximum atomic E-state index is 12.8. The Morgan fingerprint density at radius 1 is 0.878 bits per heavy atom. The number of aliphatic carboxylic acids is 1. The number of ether oxygens (including phenoxy) is 2. The number of sulfonamides is 2. The average Bonchev–Trinajstić information content (AvgIpc) is 3.56. The van der Waals surface area contributed by atoms with E-state index in [0.717, 1.165) is 18.4 Å². The monoisotopic (exact) mass is 1190 g/mol. The van der Waals surface area contributed by atoms with E-state index >= 15 is 0 Å². The largest absolute Gasteiger partial charge is 0.494 e. The zero-order valence-corrected chi connectivity index (χ0v) is 43.7. The number of methoxy groups -OCH3 is 2. The fraction of sp³-hybridized carbons (Fsp3) is 0.297. The number of hydrogen-bond acceptors (Lipinski definition) is 16. The molecule has 0 radical (unpaired) electrons. The zero-order chi connectivity index (χ0) is 56.7. The number of aryl methyl sites for hydroxylation is 3. The summed E-state index contributed by atoms with van der Waals surface area (Å²) in [5.74, 6) is -2.50. The molecule has 0 unspecified atom stereocenters. The van der Waals surface area contributed by atoms with Crippen molar-refractivity contribution >= 4 is 104 Å². The Morgan fingerprint density at radius 3 is 1.99 bits per heavy atom. The molecule has 2 amide bonds. The number of urea groups is 1. The van der Waals surface area contributed by atoms with Gasteiger partial charge in [-0.1, -0.05) is 64.6 Å². The molecular weight excluding hydrogens is 1160 g/mol. The molecule has 408 valence electrons. The van der Waals surface area contributed by atoms with E-state index in [4.69, 9.17) is 75.9 Å². The normalized spacial score (nSPS) is 11.4. The van der Waals surface area contributed by atoms with Gasteiger partial charge in [-0.15, -0.1) is 5.10 Å². The van der Waals surface area contributed by atoms with Crippen molar-refractivity contribution in [1.82, 2.24) is 39.3 Å². The predicted molar refractivity (Wildman–Crippen MR) is 256 cm³/mol. The summed E-state index contributed by atoms with van der Waals surface area (Å²) < 4.78 is 135. The quantitative estimate of drug-likeness (QED) is 0.0408. The molecule has 25 nitrogen and oxygen atoms in total. The first-order chi connectivity index (χ1) is 34.0. The molecule has 0 saturated heterocycles. The number of halogens is 9. The highest BCUT2D eigenvalue weighted by Crippen LogP contribution is 2.34. The van der Waals surface area contributed by atoms with Crippen molar-refractivity contribution in [3.05, 3.63) is 102 Å². The summed E-state index contributed by atoms with van der Waals surface area (Å²) in [7, 11) is -9.55. The molecule has 74 heavy (non-hydrogen) atoms. The molecule has 0 fully saturated rings. The molecule has 5 rings (SSSR count). The van der Waals surface area contributed by atoms with Crippen LogP contribution in [0.25, 0.3) is 5.69 Å². The number of alkyl halides is 5. The van der Waals surface area contributed by atoms with Crippen molar-refractivity contribution in [3.63, 3.8) is 0 Å². The summed E-state index contributed by atoms with van der Waals surface area (Å²) in [6.07, 6.45) is -5.89. The van der Waals surface area contributed by atoms with Gasteiger partial charge in [0.25, 0.3) is 10.0 Å². The number of carbonyl (C=O) groups is 3. The summed E-state index contributed by atoms with van der Waals surface area (Å²) in [5.41, 5.74) is -1.46. The van der Waals surface area contributed by atoms with Crippen LogP contribution in [0.15, 0.2) is 58.2 Å². The van der Waals surface area contributed by atoms with Gasteiger partial charge in [-0.25, -0.2) is 40.5 Å². The second-order valence-electron chi connectivity index (χ2n) is 13.9. The van der Waals surface area contributed by atoms with Gasteiger partial charge >= 0.3 is 50.0 Å². The maximum Gasteiger partial charge on any atom is 0.389 e. The highest BCUT2D eigenvalue weighted by molar-refractivity contribution is 7.92. The minimum atomic E-state index is -4.45. The van der Waals surface area contributed by atoms with Gasteiger partial charge in [0.05, 0.1) is 69.7 Å². The van der Waals surface area contributed by atoms with Crippen LogP contribution in [-0.4, -0.2) is 124 Å². The molecule has 0 atom stereocenters. The van der Waals surface area contributed by atoms with Crippen LogP contribution in [0.3, 0.4) is 0 Å². The third kappa shape index (κ3) is 21.1. The number of amides is 2. The lowest BCUT2D eigenvalue weighted by atomic mass is 10.1. The molecule has 0 bridgehead atoms. The number of carboxylic acid groups (broad SMARTS) is 2. The highest BCUT2D eigenvalue weighted by atomic mass is 35.5. The van der Waals surface area contributed by atoms with Gasteiger partial charge in [-0.05, 0) is 56.2 Å². The van der Waals surface area contributed by atoms with E-state index in [2.05, 4.69) is 35.4 Å². The molecule has 0 spiro atoms. The SMILES string of the molecule is COc1c(Cl)ccc(Cl)c1C(=O)O.COc1nc(C)nc(NC(=O)NS(=O)(=O)c2ccccc2CCC(F)(F)F)n1.Cc1nn(-c2cc(NS(C)(=O)=O)c(Cl)cc2Cl)c(=O)n1C(F)F.O=C(O)CNCP(=O)(O)O. The van der Waals surface area contributed by atoms with Crippen LogP contribution in [0.2, 0.25) is 20.1 Å². The molecule has 5 aromatic rings. The molecule has 0 aliphatic rings. The first-order valence-electron chi connectivity index (χ1n) is 19.4. The summed E-state index contributed by atoms with van der Waals surface area (Å²) >= 11 is 23.2. The second kappa shape index (κ2) is 27.5. The number of aromatic carboxylic acids is 1. The van der Waals surface area contributed by atoms with E-state index in [-0.39, 0.29) is 76.5 Å². The number of aromatic nitrogens is 6. The molecule has 8 N–H and O–H groups in total. The Balaban J connectivity index is 0.000000364. The number of hydrogen-bond donors (Lipinski definition) is 8. The topological polar surface area (TPSA) is 363 Å². The van der Waals surface area contributed by atoms with Crippen molar-refractivity contribution in [2.75, 3.05) is 43.3 Å². The van der Waals surface area contributed by atoms with Crippen molar-refractivity contribution < 1.29 is 87.2 Å². The number of nitrogens with one attached hydrogen (secondary N) is 4. The molecule has 0 aliphatic carbocycles. The van der Waals surface area contributed by atoms with Crippen molar-refractivity contribution in [2.45, 2.75) is 44.3 Å². The Labute approximate surface area is 435 Å². The van der Waals surface area contributed by atoms with Gasteiger partial charge in [0.15, 0.2) is 5.75 Å². The Kier molecular flexibility index (Phi) is 23.9. The standard InChI is InChI=1S/C15H16F3N5O4S.C11H10Cl2F2N4O3S.C8H6Cl2O3.C3H8NO5P/c1-9-19-12(22-14(20-9)27-2)21-13(24)23-28(25,26)11-6-4-3-5-10(11)7-8-15(16,17)18;1-5-16-19(11(20)18(5)10(14)15)9-4-8(17-23(2,21)22)6(12)3-7(9)13;1-13-7-5(10)3-2-4(9)6(7)8(11)12;5-3(6)1-4-2-10(7,8)9/h3-6H,7-8H2,1-2H3,(H2,19,20,21,22,23,24);3-4,10,17H,1-2H3;2-3H,1H3,(H,11,12);4H,1-2H2,(H,5,6)(H2,7,8,9). The first kappa shape index (κ1) is 64.2. The zero-order valence-electron chi connectivity index (χ0n) is 38.2. The van der Waals surface area contributed by atoms with Crippen LogP contribution in [-0.2, 0) is 35.8 Å². The predicted octanol–water partition coefficient (Wildman–Crippen LogP) is 6.11. The first-order valence-corrected chi connectivity index (χ1v) is 26.1. The Bertz CT molecular complexity index is 3170. The fourth-order valence-electron chi connectivity index (χ4n) is 5.23. The van der Waals surface area contributed by atoms with E-state index in [0.29, 0.717) is 4.68 Å². The fourth-order valence-corrected chi connectivity index (χ4v) is 8.41. The lowest BCUT2D eigenvalue weighted by molar-refractivity contribution is -0.136. The molecule has 3 aromatic carbocycles. The number of nitrogens with zero attached hydrogens (tertiary/aromatic N) is 6. The van der Waals surface area contributed by atoms with Crippen LogP contribution in [0, 0.1) is 13.8 Å². The molecular formula is C37H40Cl4F5N10O15PS2. The van der Waals surface area contributed by atoms with Crippen LogP contribution in [0.4, 0.5) is 38.4 Å². The summed E-state index contributed by atoms with van der Waals surface area (Å²) in [6, 6.07) is 9.01. The van der Waals surface area contributed by atoms with Gasteiger partial charge in [-0.3, -0.25) is 24.7 Å². The summed E-state index contributed by atoms with van der Waals surface area (Å²) in [5, 5.41) is 24.9. The van der Waals surface area contributed by atoms with Crippen LogP contribution in [0.5, 0.6) is 11.8 Å². The number of rotatable bonds is 16. The van der Waals surface area contributed by atoms with E-state index in [1.165, 1.54) is 64.5 Å². The van der Waals surface area contributed by atoms with Gasteiger partial charge in [0, 0.05) is 6.42 Å².